The summed E-state index contributed by atoms with van der Waals surface area (Å²) >= 11 is 0. The van der Waals surface area contributed by atoms with Gasteiger partial charge in [0.2, 0.25) is 0 Å². The van der Waals surface area contributed by atoms with E-state index in [4.69, 9.17) is 9.47 Å². The van der Waals surface area contributed by atoms with Gasteiger partial charge in [0.15, 0.2) is 11.6 Å². The number of aliphatic hydroxyl groups is 1. The number of rotatable bonds is 1. The van der Waals surface area contributed by atoms with Crippen LogP contribution in [0.15, 0.2) is 11.6 Å². The van der Waals surface area contributed by atoms with Gasteiger partial charge in [0, 0.05) is 32.4 Å². The maximum Gasteiger partial charge on any atom is 0.170 e. The highest BCUT2D eigenvalue weighted by Gasteiger charge is 2.45. The van der Waals surface area contributed by atoms with Crippen molar-refractivity contribution < 1.29 is 19.4 Å². The maximum atomic E-state index is 12.2. The highest BCUT2D eigenvalue weighted by atomic mass is 16.7. The Morgan fingerprint density at radius 1 is 1.23 bits per heavy atom. The summed E-state index contributed by atoms with van der Waals surface area (Å²) in [5.74, 6) is -0.265. The van der Waals surface area contributed by atoms with Gasteiger partial charge in [-0.05, 0) is 17.9 Å². The summed E-state index contributed by atoms with van der Waals surface area (Å²) in [6.45, 7) is 8.79. The van der Waals surface area contributed by atoms with E-state index in [1.165, 1.54) is 0 Å². The van der Waals surface area contributed by atoms with Gasteiger partial charge < -0.3 is 14.6 Å². The van der Waals surface area contributed by atoms with Crippen LogP contribution in [0.4, 0.5) is 0 Å². The summed E-state index contributed by atoms with van der Waals surface area (Å²) in [5, 5.41) is 10.8. The lowest BCUT2D eigenvalue weighted by Crippen LogP contribution is -2.54. The van der Waals surface area contributed by atoms with E-state index >= 15 is 0 Å². The molecule has 0 radical (unpaired) electrons. The van der Waals surface area contributed by atoms with Crippen LogP contribution in [0.5, 0.6) is 0 Å². The SMILES string of the molecule is CC1=CC(N2CCC3(CC2)OCCO3)C(O)C(C)(C)CC1=O. The molecule has 2 unspecified atom stereocenters. The molecule has 3 rings (SSSR count). The molecule has 22 heavy (non-hydrogen) atoms. The monoisotopic (exact) mass is 309 g/mol. The molecule has 2 heterocycles. The number of nitrogens with zero attached hydrogens (tertiary/aromatic N) is 1. The molecule has 0 amide bonds. The average Bonchev–Trinajstić information content (AvgIpc) is 2.90. The standard InChI is InChI=1S/C17H27NO4/c1-12-10-13(15(20)16(2,3)11-14(12)19)18-6-4-17(5-7-18)21-8-9-22-17/h10,13,15,20H,4-9,11H2,1-3H3. The summed E-state index contributed by atoms with van der Waals surface area (Å²) in [6, 6.07) is -0.111. The summed E-state index contributed by atoms with van der Waals surface area (Å²) < 4.78 is 11.5. The zero-order chi connectivity index (χ0) is 16.0. The van der Waals surface area contributed by atoms with Gasteiger partial charge in [-0.25, -0.2) is 0 Å². The normalized spacial score (nSPS) is 35.5. The van der Waals surface area contributed by atoms with Crippen molar-refractivity contribution in [1.29, 1.82) is 0 Å². The van der Waals surface area contributed by atoms with Crippen LogP contribution in [-0.2, 0) is 14.3 Å². The van der Waals surface area contributed by atoms with E-state index in [1.807, 2.05) is 26.8 Å². The molecule has 1 spiro atoms. The van der Waals surface area contributed by atoms with Crippen molar-refractivity contribution >= 4 is 5.78 Å². The first-order valence-electron chi connectivity index (χ1n) is 8.25. The minimum Gasteiger partial charge on any atom is -0.391 e. The van der Waals surface area contributed by atoms with Crippen molar-refractivity contribution in [3.63, 3.8) is 0 Å². The number of ether oxygens (including phenoxy) is 2. The molecule has 124 valence electrons. The molecule has 0 aromatic carbocycles. The lowest BCUT2D eigenvalue weighted by atomic mass is 9.79. The zero-order valence-corrected chi connectivity index (χ0v) is 13.8. The molecule has 0 bridgehead atoms. The predicted octanol–water partition coefficient (Wildman–Crippen LogP) is 1.50. The number of Topliss-reactive ketones (excluding diaryl/α,β-unsaturated/α-hetero) is 1. The number of piperidine rings is 1. The first kappa shape index (κ1) is 16.1. The minimum atomic E-state index is -0.548. The predicted molar refractivity (Wildman–Crippen MR) is 82.4 cm³/mol. The number of hydrogen-bond acceptors (Lipinski definition) is 5. The molecule has 2 atom stereocenters. The molecule has 0 aromatic heterocycles. The first-order chi connectivity index (χ1) is 10.3. The van der Waals surface area contributed by atoms with Crippen LogP contribution in [0.25, 0.3) is 0 Å². The van der Waals surface area contributed by atoms with Gasteiger partial charge in [-0.3, -0.25) is 9.69 Å². The lowest BCUT2D eigenvalue weighted by molar-refractivity contribution is -0.190. The van der Waals surface area contributed by atoms with E-state index in [0.717, 1.165) is 31.5 Å². The fourth-order valence-electron chi connectivity index (χ4n) is 3.81. The Labute approximate surface area is 132 Å². The lowest BCUT2D eigenvalue weighted by Gasteiger charge is -2.44. The number of carbonyl (C=O) groups excluding carboxylic acids is 1. The van der Waals surface area contributed by atoms with Crippen LogP contribution in [0.3, 0.4) is 0 Å². The number of hydrogen-bond donors (Lipinski definition) is 1. The number of aliphatic hydroxyl groups excluding tert-OH is 1. The molecule has 2 fully saturated rings. The average molecular weight is 309 g/mol. The topological polar surface area (TPSA) is 59.0 Å². The summed E-state index contributed by atoms with van der Waals surface area (Å²) in [6.07, 6.45) is 3.44. The van der Waals surface area contributed by atoms with Crippen molar-refractivity contribution in [1.82, 2.24) is 4.90 Å². The van der Waals surface area contributed by atoms with Gasteiger partial charge in [-0.1, -0.05) is 19.9 Å². The second-order valence-electron chi connectivity index (χ2n) is 7.52. The molecule has 0 aromatic rings. The smallest absolute Gasteiger partial charge is 0.170 e. The Morgan fingerprint density at radius 3 is 2.41 bits per heavy atom. The van der Waals surface area contributed by atoms with E-state index < -0.39 is 17.3 Å². The van der Waals surface area contributed by atoms with E-state index in [1.54, 1.807) is 0 Å². The quantitative estimate of drug-likeness (QED) is 0.795. The van der Waals surface area contributed by atoms with Crippen molar-refractivity contribution in [3.8, 4) is 0 Å². The molecular weight excluding hydrogens is 282 g/mol. The molecule has 5 nitrogen and oxygen atoms in total. The van der Waals surface area contributed by atoms with Crippen LogP contribution in [-0.4, -0.2) is 60.0 Å². The largest absolute Gasteiger partial charge is 0.391 e. The van der Waals surface area contributed by atoms with E-state index in [0.29, 0.717) is 19.6 Å². The summed E-state index contributed by atoms with van der Waals surface area (Å²) in [4.78, 5) is 14.4. The summed E-state index contributed by atoms with van der Waals surface area (Å²) in [5.41, 5.74) is 0.356. The Hall–Kier alpha value is -0.750. The van der Waals surface area contributed by atoms with Crippen LogP contribution < -0.4 is 0 Å². The van der Waals surface area contributed by atoms with E-state index in [-0.39, 0.29) is 11.8 Å². The first-order valence-corrected chi connectivity index (χ1v) is 8.25. The number of likely N-dealkylation sites (tertiary alicyclic amines) is 1. The highest BCUT2D eigenvalue weighted by Crippen LogP contribution is 2.37. The minimum absolute atomic E-state index is 0.111. The Bertz CT molecular complexity index is 469. The van der Waals surface area contributed by atoms with Crippen molar-refractivity contribution in [2.75, 3.05) is 26.3 Å². The van der Waals surface area contributed by atoms with Gasteiger partial charge in [0.25, 0.3) is 0 Å². The second-order valence-corrected chi connectivity index (χ2v) is 7.52. The highest BCUT2D eigenvalue weighted by molar-refractivity contribution is 5.95. The molecule has 2 saturated heterocycles. The molecular formula is C17H27NO4. The molecule has 1 N–H and O–H groups in total. The molecule has 3 aliphatic rings. The van der Waals surface area contributed by atoms with Gasteiger partial charge in [0.05, 0.1) is 25.4 Å². The Morgan fingerprint density at radius 2 is 1.82 bits per heavy atom. The third-order valence-electron chi connectivity index (χ3n) is 5.40. The second kappa shape index (κ2) is 5.71. The van der Waals surface area contributed by atoms with Crippen LogP contribution in [0.2, 0.25) is 0 Å². The van der Waals surface area contributed by atoms with Crippen LogP contribution in [0, 0.1) is 5.41 Å². The molecule has 1 aliphatic carbocycles. The zero-order valence-electron chi connectivity index (χ0n) is 13.8. The third kappa shape index (κ3) is 2.87. The van der Waals surface area contributed by atoms with Gasteiger partial charge >= 0.3 is 0 Å². The van der Waals surface area contributed by atoms with E-state index in [9.17, 15) is 9.90 Å². The van der Waals surface area contributed by atoms with Crippen molar-refractivity contribution in [3.05, 3.63) is 11.6 Å². The molecule has 0 saturated carbocycles. The Balaban J connectivity index is 1.76. The summed E-state index contributed by atoms with van der Waals surface area (Å²) in [7, 11) is 0. The molecule has 5 heteroatoms. The van der Waals surface area contributed by atoms with Crippen LogP contribution >= 0.6 is 0 Å². The van der Waals surface area contributed by atoms with E-state index in [2.05, 4.69) is 4.90 Å². The number of carbonyl (C=O) groups is 1. The number of allylic oxidation sites excluding steroid dienone is 1. The third-order valence-corrected chi connectivity index (χ3v) is 5.40. The van der Waals surface area contributed by atoms with Crippen molar-refractivity contribution in [2.24, 2.45) is 5.41 Å². The van der Waals surface area contributed by atoms with Gasteiger partial charge in [0.1, 0.15) is 0 Å². The van der Waals surface area contributed by atoms with Gasteiger partial charge in [-0.15, -0.1) is 0 Å². The molecule has 2 aliphatic heterocycles. The van der Waals surface area contributed by atoms with Crippen LogP contribution in [0.1, 0.15) is 40.0 Å². The Kier molecular flexibility index (Phi) is 4.18. The van der Waals surface area contributed by atoms with Gasteiger partial charge in [-0.2, -0.15) is 0 Å². The fourth-order valence-corrected chi connectivity index (χ4v) is 3.81. The fraction of sp³-hybridized carbons (Fsp3) is 0.824. The number of ketones is 1. The maximum absolute atomic E-state index is 12.2. The van der Waals surface area contributed by atoms with Crippen molar-refractivity contribution in [2.45, 2.75) is 58.0 Å².